The zero-order valence-electron chi connectivity index (χ0n) is 12.2. The van der Waals surface area contributed by atoms with Crippen LogP contribution in [0.3, 0.4) is 0 Å². The summed E-state index contributed by atoms with van der Waals surface area (Å²) in [4.78, 5) is 14.5. The molecule has 0 radical (unpaired) electrons. The minimum absolute atomic E-state index is 0.0510. The molecule has 24 heavy (non-hydrogen) atoms. The third kappa shape index (κ3) is 3.33. The number of nitrogens with zero attached hydrogens (tertiary/aromatic N) is 3. The highest BCUT2D eigenvalue weighted by molar-refractivity contribution is 6.31. The van der Waals surface area contributed by atoms with Crippen LogP contribution in [0.1, 0.15) is 5.56 Å². The Morgan fingerprint density at radius 1 is 1.29 bits per heavy atom. The molecule has 3 aromatic rings. The van der Waals surface area contributed by atoms with Crippen molar-refractivity contribution >= 4 is 23.2 Å². The lowest BCUT2D eigenvalue weighted by atomic mass is 10.2. The second-order valence-electron chi connectivity index (χ2n) is 4.87. The molecule has 0 fully saturated rings. The van der Waals surface area contributed by atoms with Crippen LogP contribution in [-0.2, 0) is 6.54 Å². The smallest absolute Gasteiger partial charge is 0.270 e. The van der Waals surface area contributed by atoms with E-state index in [-0.39, 0.29) is 12.2 Å². The average molecular weight is 348 g/mol. The monoisotopic (exact) mass is 347 g/mol. The van der Waals surface area contributed by atoms with Crippen LogP contribution < -0.4 is 5.32 Å². The van der Waals surface area contributed by atoms with Gasteiger partial charge in [0, 0.05) is 34.8 Å². The molecule has 2 N–H and O–H groups in total. The van der Waals surface area contributed by atoms with E-state index in [1.54, 1.807) is 18.2 Å². The molecule has 0 saturated carbocycles. The van der Waals surface area contributed by atoms with Gasteiger partial charge < -0.3 is 5.32 Å². The van der Waals surface area contributed by atoms with Gasteiger partial charge in [-0.05, 0) is 12.1 Å². The van der Waals surface area contributed by atoms with Crippen molar-refractivity contribution in [1.29, 1.82) is 0 Å². The molecule has 0 unspecified atom stereocenters. The first-order valence-electron chi connectivity index (χ1n) is 6.88. The molecular formula is C15H11ClFN5O2. The van der Waals surface area contributed by atoms with Crippen LogP contribution in [0, 0.1) is 15.9 Å². The van der Waals surface area contributed by atoms with E-state index < -0.39 is 10.7 Å². The maximum atomic E-state index is 13.7. The Kier molecular flexibility index (Phi) is 4.39. The van der Waals surface area contributed by atoms with Crippen molar-refractivity contribution in [3.8, 4) is 11.4 Å². The van der Waals surface area contributed by atoms with Crippen molar-refractivity contribution in [2.24, 2.45) is 0 Å². The lowest BCUT2D eigenvalue weighted by Crippen LogP contribution is -2.03. The van der Waals surface area contributed by atoms with Gasteiger partial charge in [-0.3, -0.25) is 10.1 Å². The van der Waals surface area contributed by atoms with Crippen LogP contribution in [-0.4, -0.2) is 20.1 Å². The van der Waals surface area contributed by atoms with E-state index in [4.69, 9.17) is 11.6 Å². The minimum Gasteiger partial charge on any atom is -0.350 e. The fourth-order valence-electron chi connectivity index (χ4n) is 2.10. The van der Waals surface area contributed by atoms with Crippen LogP contribution in [0.15, 0.2) is 42.5 Å². The summed E-state index contributed by atoms with van der Waals surface area (Å²) in [5.74, 6) is 0.171. The molecular weight excluding hydrogens is 337 g/mol. The maximum Gasteiger partial charge on any atom is 0.270 e. The maximum absolute atomic E-state index is 13.7. The minimum atomic E-state index is -0.491. The second-order valence-corrected chi connectivity index (χ2v) is 5.28. The quantitative estimate of drug-likeness (QED) is 0.540. The summed E-state index contributed by atoms with van der Waals surface area (Å²) >= 11 is 5.95. The highest BCUT2D eigenvalue weighted by atomic mass is 35.5. The first-order valence-corrected chi connectivity index (χ1v) is 7.26. The van der Waals surface area contributed by atoms with Gasteiger partial charge in [-0.1, -0.05) is 29.8 Å². The highest BCUT2D eigenvalue weighted by Gasteiger charge is 2.12. The van der Waals surface area contributed by atoms with Crippen molar-refractivity contribution in [2.75, 3.05) is 5.32 Å². The number of nitro groups is 1. The van der Waals surface area contributed by atoms with E-state index >= 15 is 0 Å². The Morgan fingerprint density at radius 2 is 2.08 bits per heavy atom. The van der Waals surface area contributed by atoms with Gasteiger partial charge in [0.1, 0.15) is 5.82 Å². The number of H-pyrrole nitrogens is 1. The second kappa shape index (κ2) is 6.63. The lowest BCUT2D eigenvalue weighted by molar-refractivity contribution is -0.384. The molecule has 0 aliphatic rings. The Hall–Kier alpha value is -3.00. The van der Waals surface area contributed by atoms with Crippen LogP contribution in [0.25, 0.3) is 11.4 Å². The lowest BCUT2D eigenvalue weighted by Gasteiger charge is -2.06. The van der Waals surface area contributed by atoms with E-state index in [0.717, 1.165) is 0 Å². The standard InChI is InChI=1S/C15H11ClFN5O2/c16-12-5-2-6-13(17)11(12)8-18-15-19-14(20-21-15)9-3-1-4-10(7-9)22(23)24/h1-7H,8H2,(H2,18,19,20,21). The Balaban J connectivity index is 1.76. The zero-order valence-corrected chi connectivity index (χ0v) is 12.9. The van der Waals surface area contributed by atoms with Gasteiger partial charge in [0.15, 0.2) is 5.82 Å². The van der Waals surface area contributed by atoms with Crippen LogP contribution in [0.2, 0.25) is 5.02 Å². The molecule has 0 atom stereocenters. The number of hydrogen-bond acceptors (Lipinski definition) is 5. The van der Waals surface area contributed by atoms with Gasteiger partial charge in [0.25, 0.3) is 5.69 Å². The van der Waals surface area contributed by atoms with Crippen LogP contribution in [0.5, 0.6) is 0 Å². The fraction of sp³-hybridized carbons (Fsp3) is 0.0667. The number of aromatic nitrogens is 3. The normalized spacial score (nSPS) is 10.6. The average Bonchev–Trinajstić information content (AvgIpc) is 3.03. The Morgan fingerprint density at radius 3 is 2.83 bits per heavy atom. The summed E-state index contributed by atoms with van der Waals surface area (Å²) in [6.45, 7) is 0.120. The molecule has 1 aromatic heterocycles. The Labute approximate surface area is 140 Å². The van der Waals surface area contributed by atoms with Gasteiger partial charge in [-0.25, -0.2) is 9.49 Å². The number of benzene rings is 2. The summed E-state index contributed by atoms with van der Waals surface area (Å²) in [6, 6.07) is 10.4. The molecule has 2 aromatic carbocycles. The number of nitro benzene ring substituents is 1. The van der Waals surface area contributed by atoms with Crippen molar-refractivity contribution in [3.63, 3.8) is 0 Å². The van der Waals surface area contributed by atoms with E-state index in [1.807, 2.05) is 0 Å². The summed E-state index contributed by atoms with van der Waals surface area (Å²) in [5, 5.41) is 20.6. The topological polar surface area (TPSA) is 96.7 Å². The molecule has 0 aliphatic carbocycles. The van der Waals surface area contributed by atoms with Crippen molar-refractivity contribution in [3.05, 3.63) is 69.0 Å². The molecule has 0 spiro atoms. The van der Waals surface area contributed by atoms with E-state index in [2.05, 4.69) is 20.5 Å². The number of aromatic amines is 1. The highest BCUT2D eigenvalue weighted by Crippen LogP contribution is 2.22. The number of anilines is 1. The van der Waals surface area contributed by atoms with E-state index in [9.17, 15) is 14.5 Å². The number of halogens is 2. The molecule has 0 aliphatic heterocycles. The molecule has 0 bridgehead atoms. The third-order valence-electron chi connectivity index (χ3n) is 3.29. The first-order chi connectivity index (χ1) is 11.5. The SMILES string of the molecule is O=[N+]([O-])c1cccc(-c2n[nH]c(NCc3c(F)cccc3Cl)n2)c1. The number of rotatable bonds is 5. The van der Waals surface area contributed by atoms with Crippen molar-refractivity contribution < 1.29 is 9.31 Å². The predicted octanol–water partition coefficient (Wildman–Crippen LogP) is 3.78. The van der Waals surface area contributed by atoms with E-state index in [1.165, 1.54) is 24.3 Å². The molecule has 9 heteroatoms. The number of nitrogens with one attached hydrogen (secondary N) is 2. The summed E-state index contributed by atoms with van der Waals surface area (Å²) in [7, 11) is 0. The van der Waals surface area contributed by atoms with Crippen molar-refractivity contribution in [1.82, 2.24) is 15.2 Å². The van der Waals surface area contributed by atoms with Crippen molar-refractivity contribution in [2.45, 2.75) is 6.54 Å². The van der Waals surface area contributed by atoms with Gasteiger partial charge in [0.2, 0.25) is 5.95 Å². The summed E-state index contributed by atoms with van der Waals surface area (Å²) in [6.07, 6.45) is 0. The van der Waals surface area contributed by atoms with Gasteiger partial charge >= 0.3 is 0 Å². The predicted molar refractivity (Wildman–Crippen MR) is 87.2 cm³/mol. The Bertz CT molecular complexity index is 879. The largest absolute Gasteiger partial charge is 0.350 e. The van der Waals surface area contributed by atoms with Gasteiger partial charge in [-0.15, -0.1) is 0 Å². The van der Waals surface area contributed by atoms with Gasteiger partial charge in [-0.2, -0.15) is 10.1 Å². The number of hydrogen-bond donors (Lipinski definition) is 2. The first kappa shape index (κ1) is 15.9. The molecule has 122 valence electrons. The molecule has 0 saturated heterocycles. The fourth-order valence-corrected chi connectivity index (χ4v) is 2.33. The van der Waals surface area contributed by atoms with E-state index in [0.29, 0.717) is 27.9 Å². The molecule has 3 rings (SSSR count). The third-order valence-corrected chi connectivity index (χ3v) is 3.65. The summed E-state index contributed by atoms with van der Waals surface area (Å²) in [5.41, 5.74) is 0.759. The molecule has 1 heterocycles. The summed E-state index contributed by atoms with van der Waals surface area (Å²) < 4.78 is 13.7. The molecule has 0 amide bonds. The molecule has 7 nitrogen and oxygen atoms in total. The van der Waals surface area contributed by atoms with Crippen LogP contribution >= 0.6 is 11.6 Å². The van der Waals surface area contributed by atoms with Crippen LogP contribution in [0.4, 0.5) is 16.0 Å². The number of non-ortho nitro benzene ring substituents is 1. The zero-order chi connectivity index (χ0) is 17.1. The van der Waals surface area contributed by atoms with Gasteiger partial charge in [0.05, 0.1) is 4.92 Å².